The van der Waals surface area contributed by atoms with Gasteiger partial charge in [-0.15, -0.1) is 21.5 Å². The van der Waals surface area contributed by atoms with Gasteiger partial charge in [-0.1, -0.05) is 65.9 Å². The average molecular weight is 650 g/mol. The molecule has 0 saturated carbocycles. The van der Waals surface area contributed by atoms with Gasteiger partial charge in [-0.05, 0) is 47.8 Å². The first-order valence-corrected chi connectivity index (χ1v) is 18.5. The normalized spacial score (nSPS) is 19.6. The Morgan fingerprint density at radius 3 is 2.04 bits per heavy atom. The summed E-state index contributed by atoms with van der Waals surface area (Å²) in [5, 5.41) is 19.8. The maximum Gasteiger partial charge on any atom is 0.298 e. The van der Waals surface area contributed by atoms with Crippen molar-refractivity contribution in [3.8, 4) is 0 Å². The molecule has 7 rings (SSSR count). The highest BCUT2D eigenvalue weighted by molar-refractivity contribution is 7.96. The lowest BCUT2D eigenvalue weighted by atomic mass is 10.0. The Morgan fingerprint density at radius 2 is 1.53 bits per heavy atom. The first-order valence-electron chi connectivity index (χ1n) is 14.3. The summed E-state index contributed by atoms with van der Waals surface area (Å²) in [4.78, 5) is 29.1. The fourth-order valence-electron chi connectivity index (χ4n) is 6.16. The van der Waals surface area contributed by atoms with Crippen molar-refractivity contribution < 1.29 is 13.8 Å². The van der Waals surface area contributed by atoms with E-state index in [0.29, 0.717) is 11.9 Å². The van der Waals surface area contributed by atoms with Crippen LogP contribution < -0.4 is 21.2 Å². The number of carbonyl (C=O) groups excluding carboxylic acids is 2. The number of amides is 2. The Labute approximate surface area is 268 Å². The van der Waals surface area contributed by atoms with Crippen LogP contribution in [0.15, 0.2) is 114 Å². The smallest absolute Gasteiger partial charge is 0.298 e. The highest BCUT2D eigenvalue weighted by atomic mass is 32.2. The predicted octanol–water partition coefficient (Wildman–Crippen LogP) is 2.03. The molecule has 1 fully saturated rings. The average Bonchev–Trinajstić information content (AvgIpc) is 3.75. The maximum atomic E-state index is 14.1. The van der Waals surface area contributed by atoms with Crippen molar-refractivity contribution >= 4 is 70.8 Å². The van der Waals surface area contributed by atoms with Crippen molar-refractivity contribution in [1.82, 2.24) is 30.3 Å². The zero-order chi connectivity index (χ0) is 31.0. The molecule has 9 nitrogen and oxygen atoms in total. The molecule has 4 heterocycles. The summed E-state index contributed by atoms with van der Waals surface area (Å²) in [6.45, 7) is 0. The molecule has 0 aliphatic carbocycles. The van der Waals surface area contributed by atoms with Crippen LogP contribution in [0, 0.1) is 0 Å². The number of aromatic nitrogens is 4. The molecule has 0 spiro atoms. The molecule has 2 amide bonds. The SMILES string of the molecule is [B]n1nnc(C2=C(C[P+](c3ccccc3)(c3ccccc3)c3ccccc3)CS(=O)[C@@H]3[C@H](NC(=O)Cc4cccs4)C(=O)N23)n1. The number of carbonyl (C=O) groups is 2. The standard InChI is InChI=1S/C32H26BN6O3PS2/c33-39-36-30(35-37-39)29-22(21-45(42)32-28(31(41)38(29)32)34-27(40)19-26-17-10-18-44-26)20-43(23-11-4-1-5-12-23,24-13-6-2-7-14-24)25-15-8-3-9-16-25/h1-18,28,32H,19-21H2/p+1/t28-,32-,45?/m1/s1. The maximum absolute atomic E-state index is 14.1. The molecule has 13 heteroatoms. The summed E-state index contributed by atoms with van der Waals surface area (Å²) in [6, 6.07) is 33.8. The number of thiophene rings is 1. The van der Waals surface area contributed by atoms with E-state index in [1.165, 1.54) is 16.2 Å². The quantitative estimate of drug-likeness (QED) is 0.149. The van der Waals surface area contributed by atoms with Gasteiger partial charge in [-0.3, -0.25) is 18.7 Å². The third kappa shape index (κ3) is 5.37. The first-order chi connectivity index (χ1) is 22.0. The van der Waals surface area contributed by atoms with E-state index in [0.717, 1.165) is 31.1 Å². The van der Waals surface area contributed by atoms with Gasteiger partial charge in [0.05, 0.1) is 34.8 Å². The number of nitrogens with zero attached hydrogens (tertiary/aromatic N) is 5. The Kier molecular flexibility index (Phi) is 8.04. The molecule has 2 aromatic heterocycles. The van der Waals surface area contributed by atoms with Crippen LogP contribution in [0.3, 0.4) is 0 Å². The third-order valence-corrected chi connectivity index (χ3v) is 15.0. The van der Waals surface area contributed by atoms with Crippen molar-refractivity contribution in [3.05, 3.63) is 125 Å². The molecule has 3 atom stereocenters. The summed E-state index contributed by atoms with van der Waals surface area (Å²) < 4.78 is 14.9. The molecule has 2 radical (unpaired) electrons. The van der Waals surface area contributed by atoms with Crippen molar-refractivity contribution in [3.63, 3.8) is 0 Å². The monoisotopic (exact) mass is 649 g/mol. The van der Waals surface area contributed by atoms with Gasteiger partial charge in [0.25, 0.3) is 13.9 Å². The lowest BCUT2D eigenvalue weighted by Gasteiger charge is -2.49. The lowest BCUT2D eigenvalue weighted by molar-refractivity contribution is -0.144. The molecule has 5 aromatic rings. The van der Waals surface area contributed by atoms with E-state index in [1.54, 1.807) is 0 Å². The van der Waals surface area contributed by atoms with E-state index in [1.807, 2.05) is 72.1 Å². The first kappa shape index (κ1) is 29.5. The molecule has 2 aliphatic rings. The number of hydrogen-bond donors (Lipinski definition) is 1. The second-order valence-electron chi connectivity index (χ2n) is 10.8. The molecule has 0 bridgehead atoms. The van der Waals surface area contributed by atoms with Gasteiger partial charge in [0.1, 0.15) is 34.6 Å². The molecular weight excluding hydrogens is 622 g/mol. The minimum absolute atomic E-state index is 0.149. The summed E-state index contributed by atoms with van der Waals surface area (Å²) in [5.74, 6) is -0.305. The van der Waals surface area contributed by atoms with Gasteiger partial charge in [0, 0.05) is 10.5 Å². The van der Waals surface area contributed by atoms with Crippen LogP contribution >= 0.6 is 18.6 Å². The van der Waals surface area contributed by atoms with Crippen LogP contribution in [0.1, 0.15) is 10.7 Å². The number of β-lactam (4-membered cyclic amide) rings is 1. The van der Waals surface area contributed by atoms with Crippen LogP contribution in [0.2, 0.25) is 0 Å². The van der Waals surface area contributed by atoms with Gasteiger partial charge in [0.15, 0.2) is 0 Å². The Hall–Kier alpha value is -4.25. The third-order valence-electron chi connectivity index (χ3n) is 8.10. The molecule has 1 unspecified atom stereocenters. The summed E-state index contributed by atoms with van der Waals surface area (Å²) >= 11 is 1.47. The summed E-state index contributed by atoms with van der Waals surface area (Å²) in [6.07, 6.45) is 0.632. The summed E-state index contributed by atoms with van der Waals surface area (Å²) in [5.41, 5.74) is 1.23. The van der Waals surface area contributed by atoms with E-state index in [4.69, 9.17) is 7.98 Å². The van der Waals surface area contributed by atoms with Gasteiger partial charge in [0.2, 0.25) is 11.7 Å². The van der Waals surface area contributed by atoms with E-state index >= 15 is 0 Å². The molecule has 1 N–H and O–H groups in total. The zero-order valence-corrected chi connectivity index (χ0v) is 26.5. The topological polar surface area (TPSA) is 110 Å². The van der Waals surface area contributed by atoms with Crippen molar-refractivity contribution in [2.24, 2.45) is 0 Å². The number of benzene rings is 3. The highest BCUT2D eigenvalue weighted by Crippen LogP contribution is 2.58. The predicted molar refractivity (Wildman–Crippen MR) is 180 cm³/mol. The number of nitrogens with one attached hydrogen (secondary N) is 1. The van der Waals surface area contributed by atoms with E-state index in [2.05, 4.69) is 57.1 Å². The van der Waals surface area contributed by atoms with Gasteiger partial charge < -0.3 is 5.32 Å². The summed E-state index contributed by atoms with van der Waals surface area (Å²) in [7, 11) is 1.90. The minimum atomic E-state index is -2.42. The lowest BCUT2D eigenvalue weighted by Crippen LogP contribution is -2.73. The fourth-order valence-corrected chi connectivity index (χ4v) is 13.0. The second kappa shape index (κ2) is 12.3. The fraction of sp³-hybridized carbons (Fsp3) is 0.156. The van der Waals surface area contributed by atoms with Gasteiger partial charge >= 0.3 is 0 Å². The molecule has 2 aliphatic heterocycles. The number of hydrogen-bond acceptors (Lipinski definition) is 7. The Bertz CT molecular complexity index is 1810. The van der Waals surface area contributed by atoms with Gasteiger partial charge in [-0.25, -0.2) is 4.71 Å². The van der Waals surface area contributed by atoms with Crippen LogP contribution in [0.4, 0.5) is 0 Å². The van der Waals surface area contributed by atoms with Crippen molar-refractivity contribution in [2.75, 3.05) is 11.9 Å². The van der Waals surface area contributed by atoms with Gasteiger partial charge in [-0.2, -0.15) is 0 Å². The van der Waals surface area contributed by atoms with Crippen molar-refractivity contribution in [2.45, 2.75) is 17.8 Å². The van der Waals surface area contributed by atoms with E-state index < -0.39 is 29.5 Å². The van der Waals surface area contributed by atoms with Crippen LogP contribution in [-0.2, 0) is 26.8 Å². The number of tetrazole rings is 1. The zero-order valence-electron chi connectivity index (χ0n) is 24.0. The molecule has 45 heavy (non-hydrogen) atoms. The Balaban J connectivity index is 1.35. The van der Waals surface area contributed by atoms with Crippen LogP contribution in [0.25, 0.3) is 5.70 Å². The highest BCUT2D eigenvalue weighted by Gasteiger charge is 2.58. The van der Waals surface area contributed by atoms with Crippen LogP contribution in [-0.4, -0.2) is 72.4 Å². The molecule has 3 aromatic carbocycles. The van der Waals surface area contributed by atoms with Crippen LogP contribution in [0.5, 0.6) is 0 Å². The molecule has 1 saturated heterocycles. The van der Waals surface area contributed by atoms with E-state index in [9.17, 15) is 13.8 Å². The van der Waals surface area contributed by atoms with E-state index in [-0.39, 0.29) is 29.8 Å². The Morgan fingerprint density at radius 1 is 0.933 bits per heavy atom. The number of rotatable bonds is 9. The number of fused-ring (bicyclic) bond motifs is 1. The van der Waals surface area contributed by atoms with Crippen molar-refractivity contribution in [1.29, 1.82) is 0 Å². The molecule has 222 valence electrons. The minimum Gasteiger partial charge on any atom is -0.341 e. The largest absolute Gasteiger partial charge is 0.341 e. The molecular formula is C32H27BN6O3PS2+. The second-order valence-corrected chi connectivity index (χ2v) is 16.8.